The minimum atomic E-state index is -0.226. The smallest absolute Gasteiger partial charge is 0.254 e. The van der Waals surface area contributed by atoms with Crippen LogP contribution in [0, 0.1) is 5.92 Å². The first-order chi connectivity index (χ1) is 13.1. The molecule has 1 fully saturated rings. The third-order valence-corrected chi connectivity index (χ3v) is 4.72. The van der Waals surface area contributed by atoms with Gasteiger partial charge in [-0.1, -0.05) is 18.2 Å². The molecule has 3 rings (SSSR count). The second-order valence-electron chi connectivity index (χ2n) is 6.55. The number of hydrogen-bond donors (Lipinski definition) is 1. The molecule has 1 aliphatic heterocycles. The number of anilines is 1. The molecule has 2 amide bonds. The average molecular weight is 368 g/mol. The summed E-state index contributed by atoms with van der Waals surface area (Å²) in [5.41, 5.74) is 1.26. The average Bonchev–Trinajstić information content (AvgIpc) is 2.73. The molecule has 6 heteroatoms. The molecule has 1 heterocycles. The maximum absolute atomic E-state index is 12.9. The number of amides is 2. The second kappa shape index (κ2) is 8.58. The van der Waals surface area contributed by atoms with Crippen LogP contribution in [0.1, 0.15) is 23.2 Å². The van der Waals surface area contributed by atoms with Gasteiger partial charge in [-0.25, -0.2) is 0 Å². The summed E-state index contributed by atoms with van der Waals surface area (Å²) in [7, 11) is 3.10. The highest BCUT2D eigenvalue weighted by atomic mass is 16.5. The van der Waals surface area contributed by atoms with Crippen LogP contribution < -0.4 is 14.8 Å². The Morgan fingerprint density at radius 2 is 1.70 bits per heavy atom. The van der Waals surface area contributed by atoms with E-state index in [2.05, 4.69) is 5.32 Å². The fraction of sp³-hybridized carbons (Fsp3) is 0.333. The molecular formula is C21H24N2O4. The number of ether oxygens (including phenoxy) is 2. The summed E-state index contributed by atoms with van der Waals surface area (Å²) in [6, 6.07) is 14.5. The Morgan fingerprint density at radius 1 is 1.04 bits per heavy atom. The van der Waals surface area contributed by atoms with Crippen molar-refractivity contribution in [1.29, 1.82) is 0 Å². The van der Waals surface area contributed by atoms with E-state index in [1.54, 1.807) is 37.3 Å². The molecule has 0 radical (unpaired) electrons. The first kappa shape index (κ1) is 18.8. The number of piperidine rings is 1. The number of methoxy groups -OCH3 is 2. The van der Waals surface area contributed by atoms with Gasteiger partial charge in [-0.3, -0.25) is 9.59 Å². The van der Waals surface area contributed by atoms with Crippen molar-refractivity contribution in [3.63, 3.8) is 0 Å². The van der Waals surface area contributed by atoms with E-state index in [4.69, 9.17) is 9.47 Å². The Bertz CT molecular complexity index is 785. The van der Waals surface area contributed by atoms with Crippen LogP contribution in [0.15, 0.2) is 48.5 Å². The summed E-state index contributed by atoms with van der Waals surface area (Å²) in [5, 5.41) is 2.93. The number of likely N-dealkylation sites (tertiary alicyclic amines) is 1. The van der Waals surface area contributed by atoms with Crippen molar-refractivity contribution in [3.8, 4) is 11.5 Å². The van der Waals surface area contributed by atoms with Crippen LogP contribution in [0.3, 0.4) is 0 Å². The fourth-order valence-corrected chi connectivity index (χ4v) is 3.25. The number of nitrogens with one attached hydrogen (secondary N) is 1. The van der Waals surface area contributed by atoms with Crippen molar-refractivity contribution in [3.05, 3.63) is 54.1 Å². The molecule has 0 aromatic heterocycles. The molecule has 1 N–H and O–H groups in total. The lowest BCUT2D eigenvalue weighted by Gasteiger charge is -2.32. The molecule has 2 aromatic rings. The highest BCUT2D eigenvalue weighted by Gasteiger charge is 2.29. The Labute approximate surface area is 159 Å². The molecule has 0 spiro atoms. The first-order valence-corrected chi connectivity index (χ1v) is 8.99. The molecule has 27 heavy (non-hydrogen) atoms. The Hall–Kier alpha value is -3.02. The zero-order valence-electron chi connectivity index (χ0n) is 15.6. The highest BCUT2D eigenvalue weighted by Crippen LogP contribution is 2.26. The standard InChI is InChI=1S/C21H24N2O4/c1-26-18-11-16(12-19(13-18)27-2)21(25)23-10-6-7-15(14-23)20(24)22-17-8-4-3-5-9-17/h3-5,8-9,11-13,15H,6-7,10,14H2,1-2H3,(H,22,24). The van der Waals surface area contributed by atoms with Crippen LogP contribution in [0.25, 0.3) is 0 Å². The van der Waals surface area contributed by atoms with Gasteiger partial charge in [0.2, 0.25) is 5.91 Å². The Balaban J connectivity index is 1.70. The molecule has 6 nitrogen and oxygen atoms in total. The van der Waals surface area contributed by atoms with E-state index in [9.17, 15) is 9.59 Å². The van der Waals surface area contributed by atoms with Gasteiger partial charge >= 0.3 is 0 Å². The minimum Gasteiger partial charge on any atom is -0.497 e. The Kier molecular flexibility index (Phi) is 5.96. The molecule has 142 valence electrons. The van der Waals surface area contributed by atoms with Crippen molar-refractivity contribution in [2.75, 3.05) is 32.6 Å². The predicted molar refractivity (Wildman–Crippen MR) is 103 cm³/mol. The topological polar surface area (TPSA) is 67.9 Å². The molecular weight excluding hydrogens is 344 g/mol. The van der Waals surface area contributed by atoms with E-state index in [1.165, 1.54) is 0 Å². The molecule has 0 aliphatic carbocycles. The lowest BCUT2D eigenvalue weighted by molar-refractivity contribution is -0.121. The van der Waals surface area contributed by atoms with Crippen LogP contribution in [0.4, 0.5) is 5.69 Å². The zero-order valence-corrected chi connectivity index (χ0v) is 15.6. The number of hydrogen-bond acceptors (Lipinski definition) is 4. The number of carbonyl (C=O) groups excluding carboxylic acids is 2. The minimum absolute atomic E-state index is 0.0538. The summed E-state index contributed by atoms with van der Waals surface area (Å²) in [4.78, 5) is 27.3. The van der Waals surface area contributed by atoms with Crippen LogP contribution in [-0.4, -0.2) is 44.0 Å². The van der Waals surface area contributed by atoms with Gasteiger partial charge in [0, 0.05) is 30.4 Å². The van der Waals surface area contributed by atoms with Crippen LogP contribution in [0.5, 0.6) is 11.5 Å². The number of benzene rings is 2. The van der Waals surface area contributed by atoms with Crippen molar-refractivity contribution in [1.82, 2.24) is 4.90 Å². The summed E-state index contributed by atoms with van der Waals surface area (Å²) in [6.07, 6.45) is 1.56. The van der Waals surface area contributed by atoms with Gasteiger partial charge in [-0.15, -0.1) is 0 Å². The monoisotopic (exact) mass is 368 g/mol. The van der Waals surface area contributed by atoms with E-state index >= 15 is 0 Å². The lowest BCUT2D eigenvalue weighted by Crippen LogP contribution is -2.43. The largest absolute Gasteiger partial charge is 0.497 e. The van der Waals surface area contributed by atoms with Crippen LogP contribution >= 0.6 is 0 Å². The van der Waals surface area contributed by atoms with Crippen molar-refractivity contribution in [2.24, 2.45) is 5.92 Å². The van der Waals surface area contributed by atoms with E-state index in [0.29, 0.717) is 30.2 Å². The molecule has 2 aromatic carbocycles. The number of carbonyl (C=O) groups is 2. The fourth-order valence-electron chi connectivity index (χ4n) is 3.25. The van der Waals surface area contributed by atoms with Gasteiger partial charge in [-0.05, 0) is 37.1 Å². The van der Waals surface area contributed by atoms with Gasteiger partial charge in [0.15, 0.2) is 0 Å². The maximum Gasteiger partial charge on any atom is 0.254 e. The quantitative estimate of drug-likeness (QED) is 0.880. The lowest BCUT2D eigenvalue weighted by atomic mass is 9.96. The van der Waals surface area contributed by atoms with Gasteiger partial charge < -0.3 is 19.7 Å². The molecule has 1 aliphatic rings. The maximum atomic E-state index is 12.9. The van der Waals surface area contributed by atoms with Gasteiger partial charge in [0.25, 0.3) is 5.91 Å². The van der Waals surface area contributed by atoms with Crippen molar-refractivity contribution in [2.45, 2.75) is 12.8 Å². The second-order valence-corrected chi connectivity index (χ2v) is 6.55. The van der Waals surface area contributed by atoms with Crippen LogP contribution in [-0.2, 0) is 4.79 Å². The molecule has 1 unspecified atom stereocenters. The molecule has 1 saturated heterocycles. The van der Waals surface area contributed by atoms with E-state index in [0.717, 1.165) is 18.5 Å². The molecule has 0 saturated carbocycles. The summed E-state index contributed by atoms with van der Waals surface area (Å²) in [6.45, 7) is 1.03. The Morgan fingerprint density at radius 3 is 2.33 bits per heavy atom. The third kappa shape index (κ3) is 4.58. The van der Waals surface area contributed by atoms with Crippen molar-refractivity contribution >= 4 is 17.5 Å². The third-order valence-electron chi connectivity index (χ3n) is 4.72. The van der Waals surface area contributed by atoms with Gasteiger partial charge in [0.1, 0.15) is 11.5 Å². The van der Waals surface area contributed by atoms with Crippen molar-refractivity contribution < 1.29 is 19.1 Å². The number of para-hydroxylation sites is 1. The van der Waals surface area contributed by atoms with Gasteiger partial charge in [-0.2, -0.15) is 0 Å². The molecule has 0 bridgehead atoms. The van der Waals surface area contributed by atoms with Crippen LogP contribution in [0.2, 0.25) is 0 Å². The summed E-state index contributed by atoms with van der Waals surface area (Å²) < 4.78 is 10.5. The summed E-state index contributed by atoms with van der Waals surface area (Å²) >= 11 is 0. The summed E-state index contributed by atoms with van der Waals surface area (Å²) in [5.74, 6) is 0.725. The van der Waals surface area contributed by atoms with Gasteiger partial charge in [0.05, 0.1) is 20.1 Å². The van der Waals surface area contributed by atoms with E-state index < -0.39 is 0 Å². The number of nitrogens with zero attached hydrogens (tertiary/aromatic N) is 1. The van der Waals surface area contributed by atoms with E-state index in [-0.39, 0.29) is 17.7 Å². The zero-order chi connectivity index (χ0) is 19.2. The normalized spacial score (nSPS) is 16.5. The van der Waals surface area contributed by atoms with E-state index in [1.807, 2.05) is 30.3 Å². The predicted octanol–water partition coefficient (Wildman–Crippen LogP) is 3.19. The number of rotatable bonds is 5. The first-order valence-electron chi connectivity index (χ1n) is 8.99. The molecule has 1 atom stereocenters. The highest BCUT2D eigenvalue weighted by molar-refractivity contribution is 5.97. The SMILES string of the molecule is COc1cc(OC)cc(C(=O)N2CCCC(C(=O)Nc3ccccc3)C2)c1.